The van der Waals surface area contributed by atoms with E-state index in [-0.39, 0.29) is 5.57 Å². The van der Waals surface area contributed by atoms with Gasteiger partial charge in [0.2, 0.25) is 0 Å². The van der Waals surface area contributed by atoms with Gasteiger partial charge in [0, 0.05) is 30.0 Å². The second-order valence-corrected chi connectivity index (χ2v) is 6.25. The van der Waals surface area contributed by atoms with Crippen LogP contribution in [-0.2, 0) is 4.79 Å². The molecule has 0 bridgehead atoms. The quantitative estimate of drug-likeness (QED) is 0.682. The largest absolute Gasteiger partial charge is 0.376 e. The van der Waals surface area contributed by atoms with Gasteiger partial charge in [-0.15, -0.1) is 0 Å². The van der Waals surface area contributed by atoms with Crippen LogP contribution in [0.3, 0.4) is 0 Å². The monoisotopic (exact) mass is 317 g/mol. The van der Waals surface area contributed by atoms with Crippen molar-refractivity contribution in [3.63, 3.8) is 0 Å². The number of carbonyl (C=O) groups is 1. The number of nitrogens with one attached hydrogen (secondary N) is 1. The molecule has 1 atom stereocenters. The van der Waals surface area contributed by atoms with Crippen LogP contribution in [0.25, 0.3) is 0 Å². The number of benzene rings is 1. The summed E-state index contributed by atoms with van der Waals surface area (Å²) >= 11 is 5.95. The number of nitriles is 1. The van der Waals surface area contributed by atoms with Gasteiger partial charge in [-0.05, 0) is 43.4 Å². The molecule has 0 aromatic heterocycles. The number of nitrogens with zero attached hydrogens (tertiary/aromatic N) is 2. The topological polar surface area (TPSA) is 56.1 Å². The first-order chi connectivity index (χ1) is 10.5. The number of halogens is 1. The molecule has 5 heteroatoms. The Kier molecular flexibility index (Phi) is 5.46. The summed E-state index contributed by atoms with van der Waals surface area (Å²) < 4.78 is 0. The Hall–Kier alpha value is -1.99. The summed E-state index contributed by atoms with van der Waals surface area (Å²) in [5.74, 6) is 0.189. The molecule has 2 rings (SSSR count). The number of hydrogen-bond acceptors (Lipinski definition) is 3. The lowest BCUT2D eigenvalue weighted by atomic mass is 10.0. The Bertz CT molecular complexity index is 633. The van der Waals surface area contributed by atoms with E-state index in [2.05, 4.69) is 17.1 Å². The smallest absolute Gasteiger partial charge is 0.267 e. The molecular formula is C17H20ClN3O. The van der Waals surface area contributed by atoms with Crippen molar-refractivity contribution in [2.24, 2.45) is 5.92 Å². The highest BCUT2D eigenvalue weighted by atomic mass is 35.5. The van der Waals surface area contributed by atoms with E-state index in [9.17, 15) is 10.1 Å². The van der Waals surface area contributed by atoms with E-state index >= 15 is 0 Å². The summed E-state index contributed by atoms with van der Waals surface area (Å²) in [5.41, 5.74) is 1.65. The van der Waals surface area contributed by atoms with E-state index in [0.717, 1.165) is 25.1 Å². The molecule has 1 N–H and O–H groups in total. The molecule has 1 aliphatic rings. The van der Waals surface area contributed by atoms with Gasteiger partial charge in [0.25, 0.3) is 5.91 Å². The number of anilines is 1. The highest BCUT2D eigenvalue weighted by Crippen LogP contribution is 2.21. The van der Waals surface area contributed by atoms with Gasteiger partial charge in [-0.2, -0.15) is 5.26 Å². The number of aryl methyl sites for hydroxylation is 1. The molecule has 1 aromatic carbocycles. The molecular weight excluding hydrogens is 298 g/mol. The van der Waals surface area contributed by atoms with E-state index in [4.69, 9.17) is 11.6 Å². The molecule has 1 aliphatic heterocycles. The Morgan fingerprint density at radius 1 is 1.55 bits per heavy atom. The number of rotatable bonds is 3. The standard InChI is InChI=1S/C17H20ClN3O/c1-12-4-3-7-21(10-12)11-14(9-19)17(22)20-16-8-15(18)6-5-13(16)2/h5-6,8,11-12H,3-4,7,10H2,1-2H3,(H,20,22)/b14-11-. The van der Waals surface area contributed by atoms with Crippen LogP contribution in [0.5, 0.6) is 0 Å². The molecule has 0 radical (unpaired) electrons. The molecule has 1 fully saturated rings. The maximum absolute atomic E-state index is 12.3. The van der Waals surface area contributed by atoms with Crippen LogP contribution in [-0.4, -0.2) is 23.9 Å². The van der Waals surface area contributed by atoms with Crippen LogP contribution in [0.15, 0.2) is 30.0 Å². The summed E-state index contributed by atoms with van der Waals surface area (Å²) in [7, 11) is 0. The minimum absolute atomic E-state index is 0.119. The van der Waals surface area contributed by atoms with Crippen molar-refractivity contribution < 1.29 is 4.79 Å². The van der Waals surface area contributed by atoms with Gasteiger partial charge in [0.05, 0.1) is 0 Å². The second-order valence-electron chi connectivity index (χ2n) is 5.81. The number of amides is 1. The average Bonchev–Trinajstić information content (AvgIpc) is 2.48. The summed E-state index contributed by atoms with van der Waals surface area (Å²) in [4.78, 5) is 14.3. The zero-order valence-electron chi connectivity index (χ0n) is 12.9. The first-order valence-electron chi connectivity index (χ1n) is 7.43. The molecule has 0 spiro atoms. The van der Waals surface area contributed by atoms with Crippen LogP contribution < -0.4 is 5.32 Å². The van der Waals surface area contributed by atoms with Gasteiger partial charge < -0.3 is 10.2 Å². The van der Waals surface area contributed by atoms with Crippen molar-refractivity contribution in [2.75, 3.05) is 18.4 Å². The third kappa shape index (κ3) is 4.25. The second kappa shape index (κ2) is 7.33. The molecule has 1 saturated heterocycles. The van der Waals surface area contributed by atoms with E-state index in [1.165, 1.54) is 6.42 Å². The predicted octanol–water partition coefficient (Wildman–Crippen LogP) is 3.73. The van der Waals surface area contributed by atoms with Crippen LogP contribution in [0.4, 0.5) is 5.69 Å². The highest BCUT2D eigenvalue weighted by molar-refractivity contribution is 6.31. The third-order valence-corrected chi connectivity index (χ3v) is 4.05. The maximum Gasteiger partial charge on any atom is 0.267 e. The predicted molar refractivity (Wildman–Crippen MR) is 88.5 cm³/mol. The Balaban J connectivity index is 2.12. The summed E-state index contributed by atoms with van der Waals surface area (Å²) in [6, 6.07) is 7.28. The fraction of sp³-hybridized carbons (Fsp3) is 0.412. The number of likely N-dealkylation sites (tertiary alicyclic amines) is 1. The number of carbonyl (C=O) groups excluding carboxylic acids is 1. The number of hydrogen-bond donors (Lipinski definition) is 1. The maximum atomic E-state index is 12.3. The molecule has 0 saturated carbocycles. The van der Waals surface area contributed by atoms with Crippen molar-refractivity contribution in [2.45, 2.75) is 26.7 Å². The lowest BCUT2D eigenvalue weighted by Gasteiger charge is -2.29. The van der Waals surface area contributed by atoms with Gasteiger partial charge >= 0.3 is 0 Å². The van der Waals surface area contributed by atoms with Gasteiger partial charge in [-0.25, -0.2) is 0 Å². The van der Waals surface area contributed by atoms with E-state index in [1.54, 1.807) is 18.3 Å². The Labute approximate surface area is 136 Å². The molecule has 22 heavy (non-hydrogen) atoms. The van der Waals surface area contributed by atoms with Crippen molar-refractivity contribution in [3.8, 4) is 6.07 Å². The van der Waals surface area contributed by atoms with Crippen LogP contribution in [0, 0.1) is 24.2 Å². The van der Waals surface area contributed by atoms with Gasteiger partial charge in [-0.1, -0.05) is 24.6 Å². The van der Waals surface area contributed by atoms with Crippen LogP contribution in [0.2, 0.25) is 5.02 Å². The summed E-state index contributed by atoms with van der Waals surface area (Å²) in [6.07, 6.45) is 3.95. The van der Waals surface area contributed by atoms with Gasteiger partial charge in [0.15, 0.2) is 0 Å². The summed E-state index contributed by atoms with van der Waals surface area (Å²) in [5, 5.41) is 12.6. The molecule has 116 valence electrons. The van der Waals surface area contributed by atoms with Gasteiger partial charge in [0.1, 0.15) is 11.6 Å². The third-order valence-electron chi connectivity index (χ3n) is 3.81. The number of piperidine rings is 1. The zero-order valence-corrected chi connectivity index (χ0v) is 13.7. The lowest BCUT2D eigenvalue weighted by molar-refractivity contribution is -0.112. The molecule has 1 amide bonds. The van der Waals surface area contributed by atoms with E-state index < -0.39 is 5.91 Å². The lowest BCUT2D eigenvalue weighted by Crippen LogP contribution is -2.31. The molecule has 0 aliphatic carbocycles. The van der Waals surface area contributed by atoms with Crippen LogP contribution >= 0.6 is 11.6 Å². The summed E-state index contributed by atoms with van der Waals surface area (Å²) in [6.45, 7) is 5.84. The van der Waals surface area contributed by atoms with Crippen LogP contribution in [0.1, 0.15) is 25.3 Å². The first-order valence-corrected chi connectivity index (χ1v) is 7.81. The molecule has 1 unspecified atom stereocenters. The van der Waals surface area contributed by atoms with E-state index in [1.807, 2.05) is 19.1 Å². The zero-order chi connectivity index (χ0) is 16.1. The highest BCUT2D eigenvalue weighted by Gasteiger charge is 2.17. The van der Waals surface area contributed by atoms with Crippen molar-refractivity contribution >= 4 is 23.2 Å². The van der Waals surface area contributed by atoms with Crippen molar-refractivity contribution in [1.82, 2.24) is 4.90 Å². The minimum Gasteiger partial charge on any atom is -0.376 e. The Morgan fingerprint density at radius 2 is 2.32 bits per heavy atom. The molecule has 1 aromatic rings. The average molecular weight is 318 g/mol. The molecule has 1 heterocycles. The minimum atomic E-state index is -0.397. The first kappa shape index (κ1) is 16.4. The van der Waals surface area contributed by atoms with Crippen molar-refractivity contribution in [1.29, 1.82) is 5.26 Å². The Morgan fingerprint density at radius 3 is 3.00 bits per heavy atom. The SMILES string of the molecule is Cc1ccc(Cl)cc1NC(=O)/C(C#N)=C\N1CCCC(C)C1. The normalized spacial score (nSPS) is 18.7. The van der Waals surface area contributed by atoms with Gasteiger partial charge in [-0.3, -0.25) is 4.79 Å². The fourth-order valence-corrected chi connectivity index (χ4v) is 2.75. The van der Waals surface area contributed by atoms with E-state index in [0.29, 0.717) is 16.6 Å². The fourth-order valence-electron chi connectivity index (χ4n) is 2.58. The molecule has 4 nitrogen and oxygen atoms in total. The van der Waals surface area contributed by atoms with Crippen molar-refractivity contribution in [3.05, 3.63) is 40.6 Å².